The monoisotopic (exact) mass is 218 g/mol. The van der Waals surface area contributed by atoms with Gasteiger partial charge in [-0.25, -0.2) is 0 Å². The third kappa shape index (κ3) is 4.19. The van der Waals surface area contributed by atoms with E-state index < -0.39 is 0 Å². The molecule has 0 bridgehead atoms. The maximum atomic E-state index is 10.0. The van der Waals surface area contributed by atoms with Gasteiger partial charge in [-0.1, -0.05) is 43.2 Å². The lowest BCUT2D eigenvalue weighted by molar-refractivity contribution is 0.163. The number of hydrogen-bond acceptors (Lipinski definition) is 1. The number of unbranched alkanes of at least 4 members (excludes halogenated alkanes) is 3. The van der Waals surface area contributed by atoms with Crippen molar-refractivity contribution in [1.82, 2.24) is 0 Å². The van der Waals surface area contributed by atoms with Gasteiger partial charge in [-0.2, -0.15) is 0 Å². The molecule has 0 spiro atoms. The van der Waals surface area contributed by atoms with E-state index in [-0.39, 0.29) is 6.10 Å². The van der Waals surface area contributed by atoms with Crippen LogP contribution in [0.3, 0.4) is 0 Å². The van der Waals surface area contributed by atoms with Crippen LogP contribution >= 0.6 is 0 Å². The molecule has 16 heavy (non-hydrogen) atoms. The van der Waals surface area contributed by atoms with Crippen LogP contribution in [0.4, 0.5) is 0 Å². The summed E-state index contributed by atoms with van der Waals surface area (Å²) in [6, 6.07) is 8.07. The van der Waals surface area contributed by atoms with Gasteiger partial charge in [-0.15, -0.1) is 6.58 Å². The molecule has 1 aromatic rings. The molecule has 88 valence electrons. The number of benzene rings is 1. The molecule has 0 saturated carbocycles. The Morgan fingerprint density at radius 3 is 2.69 bits per heavy atom. The first kappa shape index (κ1) is 13.0. The van der Waals surface area contributed by atoms with Crippen LogP contribution in [0.2, 0.25) is 0 Å². The molecule has 0 amide bonds. The topological polar surface area (TPSA) is 20.2 Å². The highest BCUT2D eigenvalue weighted by Gasteiger charge is 2.08. The molecule has 1 aromatic carbocycles. The molecule has 0 aliphatic rings. The Morgan fingerprint density at radius 1 is 1.25 bits per heavy atom. The van der Waals surface area contributed by atoms with Crippen LogP contribution < -0.4 is 0 Å². The fourth-order valence-electron chi connectivity index (χ4n) is 1.92. The van der Waals surface area contributed by atoms with E-state index in [1.54, 1.807) is 0 Å². The van der Waals surface area contributed by atoms with Crippen molar-refractivity contribution >= 4 is 0 Å². The third-order valence-corrected chi connectivity index (χ3v) is 2.93. The zero-order valence-corrected chi connectivity index (χ0v) is 10.2. The Morgan fingerprint density at radius 2 is 2.00 bits per heavy atom. The summed E-state index contributed by atoms with van der Waals surface area (Å²) in [5.41, 5.74) is 2.26. The standard InChI is InChI=1S/C15H22O/c1-3-4-5-6-7-12-15(16)14-11-9-8-10-13(14)2/h3,8-11,15-16H,1,4-7,12H2,2H3. The summed E-state index contributed by atoms with van der Waals surface area (Å²) in [5, 5.41) is 10.0. The zero-order chi connectivity index (χ0) is 11.8. The molecule has 1 N–H and O–H groups in total. The van der Waals surface area contributed by atoms with Crippen molar-refractivity contribution in [2.24, 2.45) is 0 Å². The van der Waals surface area contributed by atoms with Crippen molar-refractivity contribution in [3.05, 3.63) is 48.0 Å². The second kappa shape index (κ2) is 7.24. The Kier molecular flexibility index (Phi) is 5.87. The first-order valence-electron chi connectivity index (χ1n) is 6.10. The Bertz CT molecular complexity index is 317. The molecular formula is C15H22O. The van der Waals surface area contributed by atoms with Gasteiger partial charge in [0, 0.05) is 0 Å². The van der Waals surface area contributed by atoms with Crippen molar-refractivity contribution < 1.29 is 5.11 Å². The van der Waals surface area contributed by atoms with Crippen LogP contribution in [0, 0.1) is 6.92 Å². The number of allylic oxidation sites excluding steroid dienone is 1. The van der Waals surface area contributed by atoms with E-state index in [1.807, 2.05) is 24.3 Å². The van der Waals surface area contributed by atoms with E-state index in [0.29, 0.717) is 0 Å². The van der Waals surface area contributed by atoms with Gasteiger partial charge >= 0.3 is 0 Å². The predicted molar refractivity (Wildman–Crippen MR) is 69.4 cm³/mol. The van der Waals surface area contributed by atoms with E-state index in [4.69, 9.17) is 0 Å². The van der Waals surface area contributed by atoms with Crippen molar-refractivity contribution in [1.29, 1.82) is 0 Å². The number of aryl methyl sites for hydroxylation is 1. The zero-order valence-electron chi connectivity index (χ0n) is 10.2. The average molecular weight is 218 g/mol. The van der Waals surface area contributed by atoms with Gasteiger partial charge in [-0.3, -0.25) is 0 Å². The van der Waals surface area contributed by atoms with Crippen LogP contribution in [0.15, 0.2) is 36.9 Å². The van der Waals surface area contributed by atoms with E-state index in [2.05, 4.69) is 19.6 Å². The first-order chi connectivity index (χ1) is 7.75. The average Bonchev–Trinajstić information content (AvgIpc) is 2.29. The number of hydrogen-bond donors (Lipinski definition) is 1. The number of aliphatic hydroxyl groups is 1. The first-order valence-corrected chi connectivity index (χ1v) is 6.10. The molecule has 0 aromatic heterocycles. The lowest BCUT2D eigenvalue weighted by Gasteiger charge is -2.13. The molecule has 0 aliphatic heterocycles. The molecule has 1 heteroatoms. The van der Waals surface area contributed by atoms with Crippen LogP contribution in [0.25, 0.3) is 0 Å². The normalized spacial score (nSPS) is 12.4. The minimum atomic E-state index is -0.301. The third-order valence-electron chi connectivity index (χ3n) is 2.93. The van der Waals surface area contributed by atoms with Crippen LogP contribution in [-0.4, -0.2) is 5.11 Å². The summed E-state index contributed by atoms with van der Waals surface area (Å²) in [6.45, 7) is 5.76. The minimum Gasteiger partial charge on any atom is -0.388 e. The lowest BCUT2D eigenvalue weighted by Crippen LogP contribution is -1.99. The molecular weight excluding hydrogens is 196 g/mol. The molecule has 1 nitrogen and oxygen atoms in total. The van der Waals surface area contributed by atoms with Crippen molar-refractivity contribution in [3.63, 3.8) is 0 Å². The molecule has 1 atom stereocenters. The van der Waals surface area contributed by atoms with Crippen LogP contribution in [0.5, 0.6) is 0 Å². The summed E-state index contributed by atoms with van der Waals surface area (Å²) in [6.07, 6.45) is 7.05. The van der Waals surface area contributed by atoms with Gasteiger partial charge in [0.15, 0.2) is 0 Å². The van der Waals surface area contributed by atoms with Gasteiger partial charge in [0.25, 0.3) is 0 Å². The summed E-state index contributed by atoms with van der Waals surface area (Å²) in [7, 11) is 0. The largest absolute Gasteiger partial charge is 0.388 e. The maximum absolute atomic E-state index is 10.0. The SMILES string of the molecule is C=CCCCCCC(O)c1ccccc1C. The van der Waals surface area contributed by atoms with Crippen LogP contribution in [0.1, 0.15) is 49.3 Å². The summed E-state index contributed by atoms with van der Waals surface area (Å²) >= 11 is 0. The Balaban J connectivity index is 2.32. The van der Waals surface area contributed by atoms with Crippen LogP contribution in [-0.2, 0) is 0 Å². The lowest BCUT2D eigenvalue weighted by atomic mass is 9.99. The summed E-state index contributed by atoms with van der Waals surface area (Å²) in [4.78, 5) is 0. The minimum absolute atomic E-state index is 0.301. The number of rotatable bonds is 7. The fraction of sp³-hybridized carbons (Fsp3) is 0.467. The van der Waals surface area contributed by atoms with E-state index >= 15 is 0 Å². The molecule has 0 radical (unpaired) electrons. The second-order valence-electron chi connectivity index (χ2n) is 4.30. The second-order valence-corrected chi connectivity index (χ2v) is 4.30. The Labute approximate surface area is 98.8 Å². The molecule has 1 rings (SSSR count). The highest BCUT2D eigenvalue weighted by molar-refractivity contribution is 5.27. The van der Waals surface area contributed by atoms with Crippen molar-refractivity contribution in [3.8, 4) is 0 Å². The van der Waals surface area contributed by atoms with Crippen molar-refractivity contribution in [2.75, 3.05) is 0 Å². The van der Waals surface area contributed by atoms with E-state index in [1.165, 1.54) is 18.4 Å². The quantitative estimate of drug-likeness (QED) is 0.538. The number of aliphatic hydroxyl groups excluding tert-OH is 1. The molecule has 0 saturated heterocycles. The van der Waals surface area contributed by atoms with Gasteiger partial charge < -0.3 is 5.11 Å². The highest BCUT2D eigenvalue weighted by atomic mass is 16.3. The smallest absolute Gasteiger partial charge is 0.0792 e. The van der Waals surface area contributed by atoms with Gasteiger partial charge in [0.05, 0.1) is 6.10 Å². The molecule has 1 unspecified atom stereocenters. The van der Waals surface area contributed by atoms with Gasteiger partial charge in [-0.05, 0) is 37.3 Å². The van der Waals surface area contributed by atoms with Crippen molar-refractivity contribution in [2.45, 2.75) is 45.1 Å². The highest BCUT2D eigenvalue weighted by Crippen LogP contribution is 2.22. The fourth-order valence-corrected chi connectivity index (χ4v) is 1.92. The van der Waals surface area contributed by atoms with E-state index in [9.17, 15) is 5.11 Å². The van der Waals surface area contributed by atoms with E-state index in [0.717, 1.165) is 24.8 Å². The summed E-state index contributed by atoms with van der Waals surface area (Å²) in [5.74, 6) is 0. The summed E-state index contributed by atoms with van der Waals surface area (Å²) < 4.78 is 0. The molecule has 0 fully saturated rings. The van der Waals surface area contributed by atoms with Gasteiger partial charge in [0.2, 0.25) is 0 Å². The molecule has 0 heterocycles. The van der Waals surface area contributed by atoms with Gasteiger partial charge in [0.1, 0.15) is 0 Å². The predicted octanol–water partition coefficient (Wildman–Crippen LogP) is 4.16. The molecule has 0 aliphatic carbocycles. The maximum Gasteiger partial charge on any atom is 0.0792 e. The Hall–Kier alpha value is -1.08.